The van der Waals surface area contributed by atoms with Gasteiger partial charge >= 0.3 is 0 Å². The number of thiazole rings is 1. The number of hydrogen-bond acceptors (Lipinski definition) is 5. The zero-order chi connectivity index (χ0) is 18.6. The van der Waals surface area contributed by atoms with E-state index in [1.54, 1.807) is 7.11 Å². The van der Waals surface area contributed by atoms with E-state index in [0.717, 1.165) is 39.9 Å². The van der Waals surface area contributed by atoms with Gasteiger partial charge in [-0.25, -0.2) is 4.98 Å². The number of methoxy groups -OCH3 is 1. The summed E-state index contributed by atoms with van der Waals surface area (Å²) < 4.78 is 11.1. The van der Waals surface area contributed by atoms with Crippen LogP contribution in [-0.2, 0) is 24.2 Å². The minimum atomic E-state index is 0.0582. The molecule has 1 amide bonds. The molecule has 4 rings (SSSR count). The number of rotatable bonds is 6. The quantitative estimate of drug-likeness (QED) is 0.652. The Labute approximate surface area is 162 Å². The fraction of sp³-hybridized carbons (Fsp3) is 0.238. The van der Waals surface area contributed by atoms with Crippen LogP contribution in [0.15, 0.2) is 53.9 Å². The first-order chi connectivity index (χ1) is 13.2. The molecule has 3 aromatic rings. The zero-order valence-corrected chi connectivity index (χ0v) is 15.9. The molecule has 0 bridgehead atoms. The first kappa shape index (κ1) is 17.5. The highest BCUT2D eigenvalue weighted by Crippen LogP contribution is 2.35. The molecule has 2 heterocycles. The summed E-state index contributed by atoms with van der Waals surface area (Å²) in [7, 11) is 1.66. The number of aromatic nitrogens is 1. The number of nitrogens with zero attached hydrogens (tertiary/aromatic N) is 2. The Kier molecular flexibility index (Phi) is 5.07. The Morgan fingerprint density at radius 2 is 2.04 bits per heavy atom. The molecule has 0 saturated heterocycles. The van der Waals surface area contributed by atoms with Gasteiger partial charge in [-0.3, -0.25) is 4.79 Å². The highest BCUT2D eigenvalue weighted by Gasteiger charge is 2.27. The molecule has 0 atom stereocenters. The maximum absolute atomic E-state index is 12.8. The molecule has 0 saturated carbocycles. The molecule has 0 radical (unpaired) electrons. The lowest BCUT2D eigenvalue weighted by Crippen LogP contribution is -2.30. The molecule has 1 aliphatic rings. The number of para-hydroxylation sites is 1. The van der Waals surface area contributed by atoms with Gasteiger partial charge in [0.25, 0.3) is 0 Å². The minimum absolute atomic E-state index is 0.0582. The van der Waals surface area contributed by atoms with Crippen LogP contribution in [0.5, 0.6) is 11.5 Å². The molecule has 6 heteroatoms. The fourth-order valence-corrected chi connectivity index (χ4v) is 3.97. The van der Waals surface area contributed by atoms with Gasteiger partial charge < -0.3 is 14.4 Å². The molecule has 1 aromatic heterocycles. The smallest absolute Gasteiger partial charge is 0.233 e. The van der Waals surface area contributed by atoms with E-state index in [1.165, 1.54) is 11.3 Å². The molecule has 0 N–H and O–H groups in total. The van der Waals surface area contributed by atoms with Gasteiger partial charge in [0.2, 0.25) is 5.91 Å². The van der Waals surface area contributed by atoms with E-state index < -0.39 is 0 Å². The van der Waals surface area contributed by atoms with Crippen molar-refractivity contribution >= 4 is 22.9 Å². The minimum Gasteiger partial charge on any atom is -0.496 e. The van der Waals surface area contributed by atoms with Gasteiger partial charge in [-0.15, -0.1) is 11.3 Å². The number of benzene rings is 2. The normalized spacial score (nSPS) is 12.7. The highest BCUT2D eigenvalue weighted by molar-refractivity contribution is 7.09. The van der Waals surface area contributed by atoms with Crippen LogP contribution >= 0.6 is 11.3 Å². The number of carbonyl (C=O) groups is 1. The molecular weight excluding hydrogens is 360 g/mol. The second-order valence-electron chi connectivity index (χ2n) is 6.26. The van der Waals surface area contributed by atoms with E-state index in [4.69, 9.17) is 9.47 Å². The van der Waals surface area contributed by atoms with Crippen molar-refractivity contribution in [1.29, 1.82) is 0 Å². The summed E-state index contributed by atoms with van der Waals surface area (Å²) in [5, 5.41) is 2.80. The Balaban J connectivity index is 1.39. The van der Waals surface area contributed by atoms with Gasteiger partial charge in [0.05, 0.1) is 24.9 Å². The van der Waals surface area contributed by atoms with Gasteiger partial charge in [0, 0.05) is 17.5 Å². The number of amides is 1. The second-order valence-corrected chi connectivity index (χ2v) is 7.21. The van der Waals surface area contributed by atoms with E-state index in [9.17, 15) is 4.79 Å². The molecule has 0 fully saturated rings. The number of anilines is 1. The Bertz CT molecular complexity index is 940. The number of ether oxygens (including phenoxy) is 2. The van der Waals surface area contributed by atoms with Crippen LogP contribution in [0.2, 0.25) is 0 Å². The van der Waals surface area contributed by atoms with Crippen LogP contribution in [0.25, 0.3) is 0 Å². The number of carbonyl (C=O) groups excluding carboxylic acids is 1. The van der Waals surface area contributed by atoms with E-state index in [1.807, 2.05) is 58.8 Å². The summed E-state index contributed by atoms with van der Waals surface area (Å²) in [4.78, 5) is 19.2. The van der Waals surface area contributed by atoms with E-state index in [2.05, 4.69) is 4.98 Å². The first-order valence-electron chi connectivity index (χ1n) is 8.82. The van der Waals surface area contributed by atoms with E-state index in [0.29, 0.717) is 19.6 Å². The van der Waals surface area contributed by atoms with E-state index in [-0.39, 0.29) is 5.91 Å². The Morgan fingerprint density at radius 1 is 1.19 bits per heavy atom. The standard InChI is InChI=1S/C21H20N2O3S/c1-25-19-9-5-8-18-17(19)10-11-23(18)21(24)12-15-14-27-20(22-15)13-26-16-6-3-2-4-7-16/h2-9,14H,10-13H2,1H3. The molecular formula is C21H20N2O3S. The van der Waals surface area contributed by atoms with Gasteiger partial charge in [-0.05, 0) is 30.7 Å². The third-order valence-corrected chi connectivity index (χ3v) is 5.41. The van der Waals surface area contributed by atoms with Crippen molar-refractivity contribution in [3.63, 3.8) is 0 Å². The lowest BCUT2D eigenvalue weighted by atomic mass is 10.1. The predicted molar refractivity (Wildman–Crippen MR) is 106 cm³/mol. The van der Waals surface area contributed by atoms with Crippen molar-refractivity contribution < 1.29 is 14.3 Å². The van der Waals surface area contributed by atoms with Gasteiger partial charge in [0.15, 0.2) is 0 Å². The monoisotopic (exact) mass is 380 g/mol. The average molecular weight is 380 g/mol. The summed E-state index contributed by atoms with van der Waals surface area (Å²) in [6, 6.07) is 15.5. The van der Waals surface area contributed by atoms with Crippen LogP contribution in [0.3, 0.4) is 0 Å². The van der Waals surface area contributed by atoms with E-state index >= 15 is 0 Å². The topological polar surface area (TPSA) is 51.7 Å². The second kappa shape index (κ2) is 7.80. The number of fused-ring (bicyclic) bond motifs is 1. The average Bonchev–Trinajstić information content (AvgIpc) is 3.33. The summed E-state index contributed by atoms with van der Waals surface area (Å²) in [6.07, 6.45) is 1.11. The largest absolute Gasteiger partial charge is 0.496 e. The zero-order valence-electron chi connectivity index (χ0n) is 15.1. The van der Waals surface area contributed by atoms with Gasteiger partial charge in [0.1, 0.15) is 23.1 Å². The SMILES string of the molecule is COc1cccc2c1CCN2C(=O)Cc1csc(COc2ccccc2)n1. The molecule has 0 aliphatic carbocycles. The highest BCUT2D eigenvalue weighted by atomic mass is 32.1. The van der Waals surface area contributed by atoms with Gasteiger partial charge in [-0.2, -0.15) is 0 Å². The Morgan fingerprint density at radius 3 is 2.85 bits per heavy atom. The van der Waals surface area contributed by atoms with Gasteiger partial charge in [-0.1, -0.05) is 24.3 Å². The maximum Gasteiger partial charge on any atom is 0.233 e. The summed E-state index contributed by atoms with van der Waals surface area (Å²) in [6.45, 7) is 1.09. The van der Waals surface area contributed by atoms with Crippen LogP contribution < -0.4 is 14.4 Å². The third-order valence-electron chi connectivity index (χ3n) is 4.54. The lowest BCUT2D eigenvalue weighted by molar-refractivity contribution is -0.117. The summed E-state index contributed by atoms with van der Waals surface area (Å²) in [5.74, 6) is 1.72. The van der Waals surface area contributed by atoms with Crippen molar-refractivity contribution in [3.8, 4) is 11.5 Å². The molecule has 1 aliphatic heterocycles. The van der Waals surface area contributed by atoms with Crippen molar-refractivity contribution in [2.24, 2.45) is 0 Å². The van der Waals surface area contributed by atoms with Crippen LogP contribution in [-0.4, -0.2) is 24.5 Å². The number of hydrogen-bond donors (Lipinski definition) is 0. The molecule has 0 spiro atoms. The van der Waals surface area contributed by atoms with Crippen LogP contribution in [0.4, 0.5) is 5.69 Å². The van der Waals surface area contributed by atoms with Crippen LogP contribution in [0.1, 0.15) is 16.3 Å². The predicted octanol–water partition coefficient (Wildman–Crippen LogP) is 3.86. The first-order valence-corrected chi connectivity index (χ1v) is 9.70. The summed E-state index contributed by atoms with van der Waals surface area (Å²) in [5.41, 5.74) is 2.83. The Hall–Kier alpha value is -2.86. The maximum atomic E-state index is 12.8. The van der Waals surface area contributed by atoms with Crippen molar-refractivity contribution in [1.82, 2.24) is 4.98 Å². The van der Waals surface area contributed by atoms with Crippen molar-refractivity contribution in [3.05, 3.63) is 70.2 Å². The molecule has 2 aromatic carbocycles. The van der Waals surface area contributed by atoms with Crippen molar-refractivity contribution in [2.45, 2.75) is 19.4 Å². The molecule has 138 valence electrons. The van der Waals surface area contributed by atoms with Crippen molar-refractivity contribution in [2.75, 3.05) is 18.6 Å². The summed E-state index contributed by atoms with van der Waals surface area (Å²) >= 11 is 1.52. The van der Waals surface area contributed by atoms with Crippen LogP contribution in [0, 0.1) is 0 Å². The molecule has 0 unspecified atom stereocenters. The lowest BCUT2D eigenvalue weighted by Gasteiger charge is -2.17. The molecule has 5 nitrogen and oxygen atoms in total. The fourth-order valence-electron chi connectivity index (χ4n) is 3.26. The molecule has 27 heavy (non-hydrogen) atoms. The third kappa shape index (κ3) is 3.80.